The van der Waals surface area contributed by atoms with Gasteiger partial charge in [-0.3, -0.25) is 14.4 Å². The van der Waals surface area contributed by atoms with Crippen LogP contribution < -0.4 is 0 Å². The molecule has 4 N–H and O–H groups in total. The van der Waals surface area contributed by atoms with Gasteiger partial charge >= 0.3 is 17.9 Å². The van der Waals surface area contributed by atoms with Crippen molar-refractivity contribution in [3.05, 3.63) is 47.0 Å². The lowest BCUT2D eigenvalue weighted by atomic mass is 9.44. The molecule has 1 saturated heterocycles. The second-order valence-corrected chi connectivity index (χ2v) is 13.7. The minimum absolute atomic E-state index is 0.0915. The molecule has 1 aliphatic heterocycles. The number of aliphatic hydroxyl groups excluding tert-OH is 3. The van der Waals surface area contributed by atoms with E-state index in [4.69, 9.17) is 18.9 Å². The Labute approximate surface area is 261 Å². The number of carbonyl (C=O) groups excluding carboxylic acids is 4. The van der Waals surface area contributed by atoms with Crippen molar-refractivity contribution in [2.24, 2.45) is 16.7 Å². The molecule has 12 heteroatoms. The van der Waals surface area contributed by atoms with Crippen LogP contribution in [0.3, 0.4) is 0 Å². The van der Waals surface area contributed by atoms with Crippen LogP contribution in [-0.4, -0.2) is 98.6 Å². The largest absolute Gasteiger partial charge is 0.455 e. The van der Waals surface area contributed by atoms with Crippen molar-refractivity contribution < 1.29 is 58.6 Å². The highest BCUT2D eigenvalue weighted by atomic mass is 16.6. The maximum Gasteiger partial charge on any atom is 0.338 e. The van der Waals surface area contributed by atoms with E-state index >= 15 is 4.79 Å². The van der Waals surface area contributed by atoms with Gasteiger partial charge in [0.1, 0.15) is 17.8 Å². The van der Waals surface area contributed by atoms with Gasteiger partial charge in [-0.25, -0.2) is 4.79 Å². The monoisotopic (exact) mass is 630 g/mol. The predicted molar refractivity (Wildman–Crippen MR) is 155 cm³/mol. The summed E-state index contributed by atoms with van der Waals surface area (Å²) in [7, 11) is 0. The lowest BCUT2D eigenvalue weighted by Crippen LogP contribution is -2.81. The van der Waals surface area contributed by atoms with Gasteiger partial charge in [-0.2, -0.15) is 0 Å². The van der Waals surface area contributed by atoms with Crippen LogP contribution in [0.2, 0.25) is 0 Å². The van der Waals surface area contributed by atoms with E-state index < -0.39 is 94.7 Å². The molecule has 0 unspecified atom stereocenters. The van der Waals surface area contributed by atoms with Crippen LogP contribution >= 0.6 is 0 Å². The topological polar surface area (TPSA) is 186 Å². The molecule has 10 atom stereocenters. The Balaban J connectivity index is 1.81. The second-order valence-electron chi connectivity index (χ2n) is 13.7. The van der Waals surface area contributed by atoms with Crippen molar-refractivity contribution >= 4 is 23.7 Å². The molecule has 1 heterocycles. The molecular weight excluding hydrogens is 588 g/mol. The molecule has 246 valence electrons. The highest BCUT2D eigenvalue weighted by molar-refractivity contribution is 5.95. The number of hydrogen-bond acceptors (Lipinski definition) is 12. The smallest absolute Gasteiger partial charge is 0.338 e. The van der Waals surface area contributed by atoms with Crippen molar-refractivity contribution in [1.82, 2.24) is 0 Å². The molecular formula is C33H42O12. The molecule has 1 aromatic rings. The maximum absolute atomic E-state index is 15.0. The van der Waals surface area contributed by atoms with Gasteiger partial charge in [-0.1, -0.05) is 32.0 Å². The summed E-state index contributed by atoms with van der Waals surface area (Å²) in [5.74, 6) is -4.71. The van der Waals surface area contributed by atoms with E-state index in [0.717, 1.165) is 0 Å². The normalized spacial score (nSPS) is 39.2. The molecule has 0 amide bonds. The number of carbonyl (C=O) groups is 4. The van der Waals surface area contributed by atoms with Crippen LogP contribution in [0.4, 0.5) is 0 Å². The fourth-order valence-electron chi connectivity index (χ4n) is 8.16. The molecule has 0 spiro atoms. The predicted octanol–water partition coefficient (Wildman–Crippen LogP) is 1.40. The molecule has 2 saturated carbocycles. The first-order chi connectivity index (χ1) is 20.9. The summed E-state index contributed by atoms with van der Waals surface area (Å²) >= 11 is 0. The summed E-state index contributed by atoms with van der Waals surface area (Å²) in [5, 5.41) is 46.0. The molecule has 1 aromatic carbocycles. The zero-order chi connectivity index (χ0) is 33.3. The molecule has 5 rings (SSSR count). The van der Waals surface area contributed by atoms with E-state index in [-0.39, 0.29) is 36.2 Å². The van der Waals surface area contributed by atoms with Crippen molar-refractivity contribution in [2.45, 2.75) is 109 Å². The first-order valence-electron chi connectivity index (χ1n) is 15.2. The molecule has 45 heavy (non-hydrogen) atoms. The molecule has 12 nitrogen and oxygen atoms in total. The van der Waals surface area contributed by atoms with Gasteiger partial charge in [-0.05, 0) is 44.1 Å². The van der Waals surface area contributed by atoms with Gasteiger partial charge in [0, 0.05) is 25.2 Å². The quantitative estimate of drug-likeness (QED) is 0.201. The number of rotatable bonds is 6. The average Bonchev–Trinajstić information content (AvgIpc) is 2.94. The van der Waals surface area contributed by atoms with Crippen molar-refractivity contribution in [1.29, 1.82) is 0 Å². The number of hydrogen-bond donors (Lipinski definition) is 4. The van der Waals surface area contributed by atoms with Gasteiger partial charge in [0.2, 0.25) is 0 Å². The number of ether oxygens (including phenoxy) is 4. The van der Waals surface area contributed by atoms with E-state index in [0.29, 0.717) is 0 Å². The van der Waals surface area contributed by atoms with Crippen molar-refractivity contribution in [3.63, 3.8) is 0 Å². The van der Waals surface area contributed by atoms with Crippen LogP contribution in [-0.2, 0) is 33.3 Å². The van der Waals surface area contributed by atoms with Crippen molar-refractivity contribution in [2.75, 3.05) is 6.61 Å². The Bertz CT molecular complexity index is 1420. The van der Waals surface area contributed by atoms with Crippen LogP contribution in [0.5, 0.6) is 0 Å². The summed E-state index contributed by atoms with van der Waals surface area (Å²) in [5.41, 5.74) is -6.77. The van der Waals surface area contributed by atoms with Gasteiger partial charge in [0.25, 0.3) is 0 Å². The van der Waals surface area contributed by atoms with Gasteiger partial charge in [0.15, 0.2) is 17.5 Å². The number of esters is 3. The van der Waals surface area contributed by atoms with Crippen molar-refractivity contribution in [3.8, 4) is 0 Å². The Morgan fingerprint density at radius 1 is 1.09 bits per heavy atom. The summed E-state index contributed by atoms with van der Waals surface area (Å²) in [6, 6.07) is 7.99. The first kappa shape index (κ1) is 33.2. The van der Waals surface area contributed by atoms with E-state index in [9.17, 15) is 34.8 Å². The lowest BCUT2D eigenvalue weighted by Gasteiger charge is -2.67. The zero-order valence-electron chi connectivity index (χ0n) is 26.3. The molecule has 0 radical (unpaired) electrons. The van der Waals surface area contributed by atoms with Crippen LogP contribution in [0.25, 0.3) is 0 Å². The number of fused-ring (bicyclic) bond motifs is 5. The molecule has 0 aromatic heterocycles. The minimum Gasteiger partial charge on any atom is -0.455 e. The summed E-state index contributed by atoms with van der Waals surface area (Å²) in [6.07, 6.45) is -9.20. The van der Waals surface area contributed by atoms with Gasteiger partial charge < -0.3 is 39.4 Å². The number of aliphatic hydroxyl groups is 4. The molecule has 3 aliphatic carbocycles. The SMILES string of the molecule is CC(=O)O[C@@]12CO[C@@H]1C[C@H](O)[C@@]1(C)C(=O)[C@H](OC(=O)C[C@@H](C)O)C3=C(C)[C@@H](O)C[C@@](O)([C@@H](OC(=O)c4ccccc4)[C@@H]21)C3(C)C. The van der Waals surface area contributed by atoms with Gasteiger partial charge in [0.05, 0.1) is 48.2 Å². The van der Waals surface area contributed by atoms with Crippen LogP contribution in [0, 0.1) is 16.7 Å². The van der Waals surface area contributed by atoms with E-state index in [1.165, 1.54) is 32.9 Å². The second kappa shape index (κ2) is 11.3. The number of benzene rings is 1. The Kier molecular flexibility index (Phi) is 8.32. The Morgan fingerprint density at radius 2 is 1.73 bits per heavy atom. The van der Waals surface area contributed by atoms with Gasteiger partial charge in [-0.15, -0.1) is 0 Å². The summed E-state index contributed by atoms with van der Waals surface area (Å²) in [4.78, 5) is 54.5. The zero-order valence-corrected chi connectivity index (χ0v) is 26.3. The third-order valence-electron chi connectivity index (χ3n) is 10.6. The Morgan fingerprint density at radius 3 is 2.29 bits per heavy atom. The third-order valence-corrected chi connectivity index (χ3v) is 10.6. The van der Waals surface area contributed by atoms with E-state index in [2.05, 4.69) is 0 Å². The standard InChI is InChI=1S/C33H42O12/c1-16(34)12-23(38)43-25-24-17(2)20(36)14-33(41,30(24,4)5)28(44-29(40)19-10-8-7-9-11-19)26-31(6,27(25)39)21(37)13-22-32(26,15-42-22)45-18(3)35/h7-11,16,20-22,25-26,28,34,36-37,41H,12-15H2,1-6H3/t16-,20+,21+,22-,25-,26-,28+,31-,32+,33-/m1/s1. The highest BCUT2D eigenvalue weighted by Crippen LogP contribution is 2.64. The summed E-state index contributed by atoms with van der Waals surface area (Å²) in [6.45, 7) is 8.50. The van der Waals surface area contributed by atoms with E-state index in [1.807, 2.05) is 0 Å². The summed E-state index contributed by atoms with van der Waals surface area (Å²) < 4.78 is 23.7. The fraction of sp³-hybridized carbons (Fsp3) is 0.636. The lowest BCUT2D eigenvalue weighted by molar-refractivity contribution is -0.346. The first-order valence-corrected chi connectivity index (χ1v) is 15.2. The fourth-order valence-corrected chi connectivity index (χ4v) is 8.16. The average molecular weight is 631 g/mol. The number of ketones is 1. The number of Topliss-reactive ketones (excluding diaryl/α,β-unsaturated/α-hetero) is 1. The highest BCUT2D eigenvalue weighted by Gasteiger charge is 2.78. The third kappa shape index (κ3) is 4.93. The molecule has 2 bridgehead atoms. The van der Waals surface area contributed by atoms with Crippen LogP contribution in [0.15, 0.2) is 41.5 Å². The Hall–Kier alpha value is -3.16. The minimum atomic E-state index is -2.17. The van der Waals surface area contributed by atoms with E-state index in [1.54, 1.807) is 39.0 Å². The maximum atomic E-state index is 15.0. The van der Waals surface area contributed by atoms with Crippen LogP contribution in [0.1, 0.15) is 71.2 Å². The molecule has 4 aliphatic rings. The molecule has 3 fully saturated rings.